The molecule has 0 aliphatic rings. The molecule has 0 saturated carbocycles. The van der Waals surface area contributed by atoms with Crippen molar-refractivity contribution in [3.63, 3.8) is 0 Å². The monoisotopic (exact) mass is 585 g/mol. The van der Waals surface area contributed by atoms with Crippen LogP contribution in [0, 0.1) is 0 Å². The number of anilines is 1. The summed E-state index contributed by atoms with van der Waals surface area (Å²) in [6.45, 7) is 7.99. The Morgan fingerprint density at radius 3 is 2.32 bits per heavy atom. The van der Waals surface area contributed by atoms with Gasteiger partial charge in [0, 0.05) is 25.6 Å². The Balaban J connectivity index is 2.28. The Morgan fingerprint density at radius 2 is 1.74 bits per heavy atom. The van der Waals surface area contributed by atoms with Crippen molar-refractivity contribution in [1.29, 1.82) is 0 Å². The van der Waals surface area contributed by atoms with Gasteiger partial charge in [0.15, 0.2) is 0 Å². The van der Waals surface area contributed by atoms with Gasteiger partial charge in [-0.15, -0.1) is 0 Å². The maximum atomic E-state index is 13.5. The van der Waals surface area contributed by atoms with E-state index in [1.54, 1.807) is 42.5 Å². The zero-order chi connectivity index (χ0) is 28.5. The molecule has 1 atom stereocenters. The van der Waals surface area contributed by atoms with Gasteiger partial charge in [-0.05, 0) is 63.4 Å². The number of amides is 2. The van der Waals surface area contributed by atoms with E-state index in [2.05, 4.69) is 5.32 Å². The number of carbonyl (C=O) groups is 2. The second-order valence-corrected chi connectivity index (χ2v) is 11.9. The van der Waals surface area contributed by atoms with E-state index in [0.717, 1.165) is 11.8 Å². The fourth-order valence-electron chi connectivity index (χ4n) is 4.06. The Hall–Kier alpha value is -2.49. The SMILES string of the molecule is CCOc1ccccc1N(CCCC(=O)N(Cc1ccc(Cl)c(Cl)c1)[C@@H](CC)C(=O)NC(C)C)S(C)(=O)=O. The summed E-state index contributed by atoms with van der Waals surface area (Å²) in [5.41, 5.74) is 1.15. The molecular formula is C27H37Cl2N3O5S. The first-order valence-corrected chi connectivity index (χ1v) is 15.2. The molecule has 2 aromatic rings. The maximum absolute atomic E-state index is 13.5. The van der Waals surface area contributed by atoms with Gasteiger partial charge >= 0.3 is 0 Å². The van der Waals surface area contributed by atoms with Crippen LogP contribution in [0.1, 0.15) is 52.5 Å². The highest BCUT2D eigenvalue weighted by Gasteiger charge is 2.29. The number of hydrogen-bond acceptors (Lipinski definition) is 5. The standard InChI is InChI=1S/C27H37Cl2N3O5S/c1-6-23(27(34)30-19(3)4)31(18-20-14-15-21(28)22(29)17-20)26(33)13-10-16-32(38(5,35)36)24-11-8-9-12-25(24)37-7-2/h8-9,11-12,14-15,17,19,23H,6-7,10,13,16,18H2,1-5H3,(H,30,34)/t23-/m0/s1. The number of nitrogens with one attached hydrogen (secondary N) is 1. The molecule has 210 valence electrons. The van der Waals surface area contributed by atoms with E-state index in [9.17, 15) is 18.0 Å². The zero-order valence-corrected chi connectivity index (χ0v) is 24.9. The molecule has 0 aliphatic carbocycles. The first kappa shape index (κ1) is 31.7. The third kappa shape index (κ3) is 9.06. The summed E-state index contributed by atoms with van der Waals surface area (Å²) in [6.07, 6.45) is 1.81. The summed E-state index contributed by atoms with van der Waals surface area (Å²) in [5.74, 6) is -0.0721. The molecule has 2 amide bonds. The first-order chi connectivity index (χ1) is 17.9. The van der Waals surface area contributed by atoms with Gasteiger partial charge in [0.05, 0.1) is 28.6 Å². The molecule has 0 aromatic heterocycles. The molecular weight excluding hydrogens is 549 g/mol. The maximum Gasteiger partial charge on any atom is 0.243 e. The van der Waals surface area contributed by atoms with Crippen LogP contribution in [-0.2, 0) is 26.2 Å². The van der Waals surface area contributed by atoms with Crippen molar-refractivity contribution < 1.29 is 22.7 Å². The number of sulfonamides is 1. The fourth-order valence-corrected chi connectivity index (χ4v) is 5.35. The number of benzene rings is 2. The van der Waals surface area contributed by atoms with Crippen LogP contribution in [0.5, 0.6) is 5.75 Å². The molecule has 0 aliphatic heterocycles. The van der Waals surface area contributed by atoms with Gasteiger partial charge in [0.2, 0.25) is 21.8 Å². The minimum atomic E-state index is -3.65. The summed E-state index contributed by atoms with van der Waals surface area (Å²) in [5, 5.41) is 3.64. The zero-order valence-electron chi connectivity index (χ0n) is 22.5. The van der Waals surface area contributed by atoms with Crippen molar-refractivity contribution in [2.45, 2.75) is 65.6 Å². The molecule has 1 N–H and O–H groups in total. The van der Waals surface area contributed by atoms with Crippen LogP contribution in [0.2, 0.25) is 10.0 Å². The van der Waals surface area contributed by atoms with Crippen molar-refractivity contribution in [2.24, 2.45) is 0 Å². The van der Waals surface area contributed by atoms with Crippen molar-refractivity contribution in [3.8, 4) is 5.75 Å². The summed E-state index contributed by atoms with van der Waals surface area (Å²) >= 11 is 12.2. The molecule has 2 rings (SSSR count). The fraction of sp³-hybridized carbons (Fsp3) is 0.481. The smallest absolute Gasteiger partial charge is 0.243 e. The summed E-state index contributed by atoms with van der Waals surface area (Å²) in [7, 11) is -3.65. The lowest BCUT2D eigenvalue weighted by atomic mass is 10.1. The van der Waals surface area contributed by atoms with E-state index in [-0.39, 0.29) is 43.8 Å². The van der Waals surface area contributed by atoms with Crippen LogP contribution in [0.15, 0.2) is 42.5 Å². The second kappa shape index (κ2) is 14.6. The number of hydrogen-bond donors (Lipinski definition) is 1. The number of rotatable bonds is 14. The number of nitrogens with zero attached hydrogens (tertiary/aromatic N) is 2. The number of halogens is 2. The van der Waals surface area contributed by atoms with Crippen molar-refractivity contribution >= 4 is 50.7 Å². The van der Waals surface area contributed by atoms with E-state index in [4.69, 9.17) is 27.9 Å². The molecule has 8 nitrogen and oxygen atoms in total. The van der Waals surface area contributed by atoms with Gasteiger partial charge in [-0.25, -0.2) is 8.42 Å². The van der Waals surface area contributed by atoms with E-state index >= 15 is 0 Å². The predicted octanol–water partition coefficient (Wildman–Crippen LogP) is 5.27. The molecule has 0 saturated heterocycles. The van der Waals surface area contributed by atoms with Crippen LogP contribution in [0.25, 0.3) is 0 Å². The van der Waals surface area contributed by atoms with Crippen molar-refractivity contribution in [1.82, 2.24) is 10.2 Å². The van der Waals surface area contributed by atoms with Gasteiger partial charge in [-0.1, -0.05) is 48.3 Å². The van der Waals surface area contributed by atoms with E-state index in [0.29, 0.717) is 34.5 Å². The number of ether oxygens (including phenoxy) is 1. The van der Waals surface area contributed by atoms with E-state index < -0.39 is 16.1 Å². The Kier molecular flexibility index (Phi) is 12.2. The highest BCUT2D eigenvalue weighted by molar-refractivity contribution is 7.92. The molecule has 0 unspecified atom stereocenters. The lowest BCUT2D eigenvalue weighted by Crippen LogP contribution is -2.50. The molecule has 38 heavy (non-hydrogen) atoms. The highest BCUT2D eigenvalue weighted by Crippen LogP contribution is 2.30. The van der Waals surface area contributed by atoms with Gasteiger partial charge in [-0.3, -0.25) is 13.9 Å². The third-order valence-corrected chi connectivity index (χ3v) is 7.66. The average Bonchev–Trinajstić information content (AvgIpc) is 2.83. The van der Waals surface area contributed by atoms with Crippen molar-refractivity contribution in [2.75, 3.05) is 23.7 Å². The largest absolute Gasteiger partial charge is 0.492 e. The predicted molar refractivity (Wildman–Crippen MR) is 153 cm³/mol. The third-order valence-electron chi connectivity index (χ3n) is 5.74. The van der Waals surface area contributed by atoms with Crippen LogP contribution in [0.3, 0.4) is 0 Å². The van der Waals surface area contributed by atoms with E-state index in [1.165, 1.54) is 9.21 Å². The highest BCUT2D eigenvalue weighted by atomic mass is 35.5. The van der Waals surface area contributed by atoms with Gasteiger partial charge in [0.25, 0.3) is 0 Å². The molecule has 11 heteroatoms. The van der Waals surface area contributed by atoms with E-state index in [1.807, 2.05) is 27.7 Å². The summed E-state index contributed by atoms with van der Waals surface area (Å²) < 4.78 is 32.2. The average molecular weight is 587 g/mol. The Labute approximate surface area is 236 Å². The molecule has 0 heterocycles. The van der Waals surface area contributed by atoms with Crippen LogP contribution >= 0.6 is 23.2 Å². The normalized spacial score (nSPS) is 12.2. The van der Waals surface area contributed by atoms with Crippen LogP contribution < -0.4 is 14.4 Å². The molecule has 0 spiro atoms. The number of para-hydroxylation sites is 2. The minimum absolute atomic E-state index is 0.0373. The summed E-state index contributed by atoms with van der Waals surface area (Å²) in [4.78, 5) is 28.0. The first-order valence-electron chi connectivity index (χ1n) is 12.6. The molecule has 0 fully saturated rings. The molecule has 0 bridgehead atoms. The Morgan fingerprint density at radius 1 is 1.05 bits per heavy atom. The molecule has 2 aromatic carbocycles. The van der Waals surface area contributed by atoms with Gasteiger partial charge < -0.3 is 15.0 Å². The van der Waals surface area contributed by atoms with Crippen LogP contribution in [0.4, 0.5) is 5.69 Å². The van der Waals surface area contributed by atoms with Crippen molar-refractivity contribution in [3.05, 3.63) is 58.1 Å². The minimum Gasteiger partial charge on any atom is -0.492 e. The van der Waals surface area contributed by atoms with Gasteiger partial charge in [-0.2, -0.15) is 0 Å². The lowest BCUT2D eigenvalue weighted by molar-refractivity contribution is -0.141. The van der Waals surface area contributed by atoms with Gasteiger partial charge in [0.1, 0.15) is 11.8 Å². The Bertz CT molecular complexity index is 1210. The second-order valence-electron chi connectivity index (χ2n) is 9.20. The van der Waals surface area contributed by atoms with Crippen LogP contribution in [-0.4, -0.2) is 56.6 Å². The topological polar surface area (TPSA) is 96.0 Å². The molecule has 0 radical (unpaired) electrons. The summed E-state index contributed by atoms with van der Waals surface area (Å²) in [6, 6.07) is 11.2. The quantitative estimate of drug-likeness (QED) is 0.326. The lowest BCUT2D eigenvalue weighted by Gasteiger charge is -2.32. The number of carbonyl (C=O) groups excluding carboxylic acids is 2.